The first kappa shape index (κ1) is 18.3. The quantitative estimate of drug-likeness (QED) is 0.480. The summed E-state index contributed by atoms with van der Waals surface area (Å²) in [5.74, 6) is 0.584. The summed E-state index contributed by atoms with van der Waals surface area (Å²) >= 11 is 5.96. The SMILES string of the molecule is CN(Cn1nnc(-c2ccc(Cl)cc2)n1)C(c1ccccc1)c1ccccc1. The van der Waals surface area contributed by atoms with Crippen molar-refractivity contribution in [2.45, 2.75) is 12.7 Å². The fraction of sp³-hybridized carbons (Fsp3) is 0.136. The second-order valence-electron chi connectivity index (χ2n) is 6.61. The maximum Gasteiger partial charge on any atom is 0.204 e. The highest BCUT2D eigenvalue weighted by Crippen LogP contribution is 2.27. The fourth-order valence-electron chi connectivity index (χ4n) is 3.27. The molecule has 4 aromatic rings. The van der Waals surface area contributed by atoms with Crippen molar-refractivity contribution in [2.24, 2.45) is 0 Å². The van der Waals surface area contributed by atoms with Gasteiger partial charge in [0, 0.05) is 10.6 Å². The van der Waals surface area contributed by atoms with Gasteiger partial charge in [-0.3, -0.25) is 4.90 Å². The zero-order valence-electron chi connectivity index (χ0n) is 15.5. The third kappa shape index (κ3) is 4.11. The molecule has 4 rings (SSSR count). The summed E-state index contributed by atoms with van der Waals surface area (Å²) in [5, 5.41) is 13.6. The molecule has 1 aromatic heterocycles. The molecule has 3 aromatic carbocycles. The molecule has 0 saturated carbocycles. The van der Waals surface area contributed by atoms with Crippen LogP contribution in [0.25, 0.3) is 11.4 Å². The summed E-state index contributed by atoms with van der Waals surface area (Å²) < 4.78 is 0. The van der Waals surface area contributed by atoms with Crippen molar-refractivity contribution >= 4 is 11.6 Å². The lowest BCUT2D eigenvalue weighted by Crippen LogP contribution is -2.29. The Labute approximate surface area is 169 Å². The van der Waals surface area contributed by atoms with Crippen molar-refractivity contribution in [1.29, 1.82) is 0 Å². The van der Waals surface area contributed by atoms with E-state index >= 15 is 0 Å². The maximum atomic E-state index is 5.96. The Kier molecular flexibility index (Phi) is 5.46. The van der Waals surface area contributed by atoms with E-state index in [1.165, 1.54) is 11.1 Å². The molecule has 1 heterocycles. The lowest BCUT2D eigenvalue weighted by molar-refractivity contribution is 0.194. The summed E-state index contributed by atoms with van der Waals surface area (Å²) in [6, 6.07) is 28.4. The van der Waals surface area contributed by atoms with Crippen molar-refractivity contribution in [3.63, 3.8) is 0 Å². The minimum atomic E-state index is 0.0902. The number of nitrogens with zero attached hydrogens (tertiary/aromatic N) is 5. The highest BCUT2D eigenvalue weighted by Gasteiger charge is 2.20. The number of aromatic nitrogens is 4. The first-order valence-corrected chi connectivity index (χ1v) is 9.42. The van der Waals surface area contributed by atoms with Gasteiger partial charge in [-0.2, -0.15) is 0 Å². The van der Waals surface area contributed by atoms with E-state index in [-0.39, 0.29) is 6.04 Å². The van der Waals surface area contributed by atoms with Crippen LogP contribution < -0.4 is 0 Å². The normalized spacial score (nSPS) is 11.3. The van der Waals surface area contributed by atoms with Gasteiger partial charge < -0.3 is 0 Å². The molecule has 0 saturated heterocycles. The van der Waals surface area contributed by atoms with Gasteiger partial charge in [-0.1, -0.05) is 72.3 Å². The Morgan fingerprint density at radius 3 is 2.00 bits per heavy atom. The van der Waals surface area contributed by atoms with Crippen LogP contribution in [0.1, 0.15) is 17.2 Å². The first-order chi connectivity index (χ1) is 13.7. The van der Waals surface area contributed by atoms with Gasteiger partial charge in [0.15, 0.2) is 0 Å². The Balaban J connectivity index is 1.58. The molecule has 0 aliphatic rings. The molecule has 0 radical (unpaired) electrons. The molecule has 0 bridgehead atoms. The predicted octanol–water partition coefficient (Wildman–Crippen LogP) is 4.67. The van der Waals surface area contributed by atoms with Gasteiger partial charge in [0.1, 0.15) is 6.67 Å². The maximum absolute atomic E-state index is 5.96. The van der Waals surface area contributed by atoms with E-state index in [9.17, 15) is 0 Å². The molecule has 0 spiro atoms. The zero-order chi connectivity index (χ0) is 19.3. The van der Waals surface area contributed by atoms with E-state index in [2.05, 4.69) is 75.9 Å². The van der Waals surface area contributed by atoms with Crippen LogP contribution in [0.4, 0.5) is 0 Å². The van der Waals surface area contributed by atoms with Crippen LogP contribution in [0, 0.1) is 0 Å². The van der Waals surface area contributed by atoms with Crippen molar-refractivity contribution in [3.8, 4) is 11.4 Å². The molecule has 0 fully saturated rings. The van der Waals surface area contributed by atoms with Gasteiger partial charge in [0.2, 0.25) is 5.82 Å². The van der Waals surface area contributed by atoms with Crippen molar-refractivity contribution in [1.82, 2.24) is 25.1 Å². The molecule has 5 nitrogen and oxygen atoms in total. The van der Waals surface area contributed by atoms with E-state index in [4.69, 9.17) is 11.6 Å². The largest absolute Gasteiger partial charge is 0.275 e. The lowest BCUT2D eigenvalue weighted by Gasteiger charge is -2.28. The molecule has 0 unspecified atom stereocenters. The van der Waals surface area contributed by atoms with Gasteiger partial charge in [-0.15, -0.1) is 15.0 Å². The van der Waals surface area contributed by atoms with Gasteiger partial charge in [0.25, 0.3) is 0 Å². The number of tetrazole rings is 1. The fourth-order valence-corrected chi connectivity index (χ4v) is 3.40. The number of benzene rings is 3. The summed E-state index contributed by atoms with van der Waals surface area (Å²) in [7, 11) is 2.07. The Hall–Kier alpha value is -3.02. The zero-order valence-corrected chi connectivity index (χ0v) is 16.2. The second-order valence-corrected chi connectivity index (χ2v) is 7.05. The van der Waals surface area contributed by atoms with Crippen LogP contribution in [0.2, 0.25) is 5.02 Å². The third-order valence-electron chi connectivity index (χ3n) is 4.58. The molecular formula is C22H20ClN5. The number of hydrogen-bond donors (Lipinski definition) is 0. The Bertz CT molecular complexity index is 976. The van der Waals surface area contributed by atoms with Crippen molar-refractivity contribution in [2.75, 3.05) is 7.05 Å². The molecule has 0 aliphatic heterocycles. The van der Waals surface area contributed by atoms with E-state index in [0.717, 1.165) is 5.56 Å². The minimum Gasteiger partial charge on any atom is -0.275 e. The molecule has 140 valence electrons. The highest BCUT2D eigenvalue weighted by atomic mass is 35.5. The van der Waals surface area contributed by atoms with E-state index < -0.39 is 0 Å². The molecular weight excluding hydrogens is 370 g/mol. The number of hydrogen-bond acceptors (Lipinski definition) is 4. The van der Waals surface area contributed by atoms with Crippen LogP contribution >= 0.6 is 11.6 Å². The van der Waals surface area contributed by atoms with E-state index in [1.807, 2.05) is 36.4 Å². The van der Waals surface area contributed by atoms with Crippen LogP contribution in [-0.4, -0.2) is 32.2 Å². The van der Waals surface area contributed by atoms with Crippen LogP contribution in [0.15, 0.2) is 84.9 Å². The second kappa shape index (κ2) is 8.33. The van der Waals surface area contributed by atoms with Gasteiger partial charge in [-0.05, 0) is 47.7 Å². The van der Waals surface area contributed by atoms with Gasteiger partial charge in [-0.25, -0.2) is 0 Å². The van der Waals surface area contributed by atoms with E-state index in [0.29, 0.717) is 17.5 Å². The first-order valence-electron chi connectivity index (χ1n) is 9.04. The monoisotopic (exact) mass is 389 g/mol. The lowest BCUT2D eigenvalue weighted by atomic mass is 9.98. The third-order valence-corrected chi connectivity index (χ3v) is 4.83. The molecule has 0 amide bonds. The van der Waals surface area contributed by atoms with Gasteiger partial charge in [0.05, 0.1) is 6.04 Å². The van der Waals surface area contributed by atoms with Crippen molar-refractivity contribution in [3.05, 3.63) is 101 Å². The predicted molar refractivity (Wildman–Crippen MR) is 111 cm³/mol. The molecule has 0 aliphatic carbocycles. The summed E-state index contributed by atoms with van der Waals surface area (Å²) in [6.45, 7) is 0.509. The number of rotatable bonds is 6. The summed E-state index contributed by atoms with van der Waals surface area (Å²) in [6.07, 6.45) is 0. The Morgan fingerprint density at radius 1 is 0.857 bits per heavy atom. The molecule has 28 heavy (non-hydrogen) atoms. The summed E-state index contributed by atoms with van der Waals surface area (Å²) in [5.41, 5.74) is 3.32. The van der Waals surface area contributed by atoms with E-state index in [1.54, 1.807) is 4.80 Å². The smallest absolute Gasteiger partial charge is 0.204 e. The number of halogens is 1. The minimum absolute atomic E-state index is 0.0902. The molecule has 6 heteroatoms. The van der Waals surface area contributed by atoms with Crippen LogP contribution in [-0.2, 0) is 6.67 Å². The molecule has 0 N–H and O–H groups in total. The summed E-state index contributed by atoms with van der Waals surface area (Å²) in [4.78, 5) is 3.82. The van der Waals surface area contributed by atoms with Gasteiger partial charge >= 0.3 is 0 Å². The van der Waals surface area contributed by atoms with Crippen LogP contribution in [0.3, 0.4) is 0 Å². The topological polar surface area (TPSA) is 46.8 Å². The standard InChI is InChI=1S/C22H20ClN5/c1-27(16-28-25-22(24-26-28)19-12-14-20(23)15-13-19)21(17-8-4-2-5-9-17)18-10-6-3-7-11-18/h2-15,21H,16H2,1H3. The molecule has 0 atom stereocenters. The Morgan fingerprint density at radius 2 is 1.43 bits per heavy atom. The highest BCUT2D eigenvalue weighted by molar-refractivity contribution is 6.30. The average molecular weight is 390 g/mol. The average Bonchev–Trinajstić information content (AvgIpc) is 3.19. The van der Waals surface area contributed by atoms with Crippen LogP contribution in [0.5, 0.6) is 0 Å². The van der Waals surface area contributed by atoms with Crippen molar-refractivity contribution < 1.29 is 0 Å².